The number of halogens is 12. The van der Waals surface area contributed by atoms with Gasteiger partial charge in [-0.2, -0.15) is 54.5 Å². The molecule has 756 valence electrons. The van der Waals surface area contributed by atoms with E-state index < -0.39 is 428 Å². The van der Waals surface area contributed by atoms with Crippen LogP contribution in [0.5, 0.6) is 0 Å². The summed E-state index contributed by atoms with van der Waals surface area (Å²) in [4.78, 5) is 98.7. The summed E-state index contributed by atoms with van der Waals surface area (Å²) in [6, 6.07) is -13.4. The number of hydrogen-bond acceptors (Lipinski definition) is 15. The number of aromatic nitrogens is 6. The van der Waals surface area contributed by atoms with Gasteiger partial charge < -0.3 is 43.1 Å². The molecule has 0 saturated carbocycles. The van der Waals surface area contributed by atoms with E-state index in [4.69, 9.17) is 57.6 Å². The fraction of sp³-hybridized carbons (Fsp3) is 0.373. The van der Waals surface area contributed by atoms with Gasteiger partial charge in [0.15, 0.2) is 15.5 Å². The quantitative estimate of drug-likeness (QED) is 0.0202. The number of alkyl halides is 9. The highest BCUT2D eigenvalue weighted by molar-refractivity contribution is 7.98. The van der Waals surface area contributed by atoms with E-state index in [0.29, 0.717) is 112 Å². The van der Waals surface area contributed by atoms with Crippen molar-refractivity contribution in [2.75, 3.05) is 78.2 Å². The molecule has 3 amide bonds. The summed E-state index contributed by atoms with van der Waals surface area (Å²) in [6.07, 6.45) is -21.2. The first-order chi connectivity index (χ1) is 88.7. The fourth-order valence-electron chi connectivity index (χ4n) is 13.7. The molecule has 0 radical (unpaired) electrons. The Morgan fingerprint density at radius 3 is 1.24 bits per heavy atom. The molecule has 3 heterocycles. The van der Waals surface area contributed by atoms with Crippen molar-refractivity contribution in [2.45, 2.75) is 197 Å². The van der Waals surface area contributed by atoms with Crippen molar-refractivity contribution in [3.05, 3.63) is 350 Å². The third-order valence-corrected chi connectivity index (χ3v) is 23.7. The Kier molecular flexibility index (Phi) is 20.4. The van der Waals surface area contributed by atoms with Crippen LogP contribution in [-0.4, -0.2) is 154 Å². The monoisotopic (exact) mass is 2080 g/mol. The van der Waals surface area contributed by atoms with Crippen LogP contribution in [0.2, 0.25) is 0 Å². The summed E-state index contributed by atoms with van der Waals surface area (Å²) in [7, 11) is 0. The van der Waals surface area contributed by atoms with Crippen molar-refractivity contribution >= 4 is 53.0 Å². The van der Waals surface area contributed by atoms with Crippen molar-refractivity contribution in [1.29, 1.82) is 0 Å². The number of amides is 3. The smallest absolute Gasteiger partial charge is 0.336 e. The lowest BCUT2D eigenvalue weighted by Crippen LogP contribution is -2.40. The molecule has 15 rings (SSSR count). The third-order valence-electron chi connectivity index (χ3n) is 21.0. The van der Waals surface area contributed by atoms with E-state index in [9.17, 15) is 85.6 Å². The van der Waals surface area contributed by atoms with Crippen LogP contribution in [0.4, 0.5) is 52.7 Å². The van der Waals surface area contributed by atoms with Gasteiger partial charge in [0.1, 0.15) is 36.9 Å². The Bertz CT molecular complexity index is 9360. The van der Waals surface area contributed by atoms with Gasteiger partial charge in [0.25, 0.3) is 16.7 Å². The van der Waals surface area contributed by atoms with Crippen LogP contribution in [0.15, 0.2) is 242 Å². The zero-order chi connectivity index (χ0) is 148. The Balaban J connectivity index is 0.000000239. The van der Waals surface area contributed by atoms with Gasteiger partial charge in [0.05, 0.1) is 61.9 Å². The van der Waals surface area contributed by atoms with Crippen LogP contribution < -0.4 is 16.7 Å². The van der Waals surface area contributed by atoms with Gasteiger partial charge in [-0.05, 0) is 242 Å². The number of rotatable bonds is 39. The largest absolute Gasteiger partial charge is 0.416 e. The zero-order valence-corrected chi connectivity index (χ0v) is 79.1. The van der Waals surface area contributed by atoms with Crippen LogP contribution >= 0.6 is 35.3 Å². The lowest BCUT2D eigenvalue weighted by atomic mass is 9.98. The van der Waals surface area contributed by atoms with Crippen LogP contribution in [0.1, 0.15) is 222 Å². The normalized spacial score (nSPS) is 21.0. The summed E-state index contributed by atoms with van der Waals surface area (Å²) < 4.78 is 617. The fourth-order valence-corrected chi connectivity index (χ4v) is 16.2. The number of benzene rings is 9. The molecule has 0 aliphatic heterocycles. The standard InChI is InChI=1S/2C37H40F4N4O2S.C36H38F4N4O2S/c1-4-43(5-2)18-19-44(22-26-6-10-28(11-7-26)29-12-14-30(15-13-29)37(39,40)41)34(46)23-45-33-21-25(3)20-32(33)35(47)42-36(45)48-24-27-8-16-31(38)17-9-27;1-4-43(5-2)19-20-44(22-26-9-13-28(14-10-26)29-15-18-32(25(3)21-29)37(39,40)41)34(46)23-45-33-8-6-7-31(33)35(47)42-36(45)48-24-27-11-16-30(38)17-12-27;1-3-42(4-2)20-21-43(22-25-8-12-27(13-9-25)28-14-16-29(17-15-28)36(38,39)40)33(45)23-44-32-7-5-6-31(32)34(46)41-35(44)47-24-26-10-18-30(37)19-11-26/h6-17,25H,4-5,18-24H2,1-3H3;9-18,21H,4-8,19-20,22-24H2,1-3H3;8-19H,3-7,20-24H2,1-2H3/i4D2,5D2,6D,7D,8D,9D,10D,11D,12D,13D,14D,15D,16D,17D,18D2,19D2,20D2,21D2,23D2,25D;4D2,5D2,9D,10D,11D,12D,13D,14D,15D,16D,17D,18D,19D2,20D2,21D,23D2;23D2,24D2. The van der Waals surface area contributed by atoms with Crippen LogP contribution in [0, 0.1) is 30.3 Å². The predicted molar refractivity (Wildman–Crippen MR) is 539 cm³/mol. The SMILES string of the molecule is [2H]C([2H])(Sc1nc(=O)c2c(n1C([2H])([2H])C(=O)N(CCN(CC)CC)Cc1ccc(-c3ccc(C(F)(F)F)cc3)cc1)CCC2)c1ccc(F)cc1.[2H]c1c([2H])c(CSc2nc(=O)c3c(n2C([2H])([2H])C(=O)N(Cc2c([2H])c([2H])c(-c4c([2H])c([2H])c(C(F)(F)F)c(C)c4[2H])c([2H])c2[2H])C([2H])([2H])C([2H])([2H])N(C([2H])([2H])C)C([2H])([2H])C)CCC3)c([2H])c([2H])c1F.[2H]c1c([2H])c(CSc2nc(=O)c3c(n2C([2H])([2H])C(=O)N(Cc2c([2H])c([2H])c(-c4c([2H])c([2H])c(C(F)(F)F)c([2H])c4[2H])c([2H])c2[2H])C([2H])([2H])C([2H])([2H])N(C([2H])([2H])C)C([2H])([2H])C)C([2H])([2H])C([2H])(C)C3([2H])[2H])c([2H])c([2H])c1F. The van der Waals surface area contributed by atoms with E-state index in [2.05, 4.69) is 19.9 Å². The molecule has 0 N–H and O–H groups in total. The molecule has 0 fully saturated rings. The Morgan fingerprint density at radius 1 is 0.406 bits per heavy atom. The number of nitrogens with zero attached hydrogens (tertiary/aromatic N) is 12. The van der Waals surface area contributed by atoms with Crippen molar-refractivity contribution in [3.8, 4) is 33.4 Å². The van der Waals surface area contributed by atoms with E-state index in [1.165, 1.54) is 29.2 Å². The van der Waals surface area contributed by atoms with Crippen molar-refractivity contribution in [3.63, 3.8) is 0 Å². The van der Waals surface area contributed by atoms with Crippen molar-refractivity contribution in [1.82, 2.24) is 58.1 Å². The summed E-state index contributed by atoms with van der Waals surface area (Å²) in [5, 5.41) is -2.30. The molecule has 9 aromatic carbocycles. The van der Waals surface area contributed by atoms with Gasteiger partial charge in [-0.1, -0.05) is 229 Å². The molecule has 1 atom stereocenters. The molecule has 3 aromatic heterocycles. The summed E-state index contributed by atoms with van der Waals surface area (Å²) >= 11 is 0.822. The third kappa shape index (κ3) is 29.5. The number of likely N-dealkylation sites (N-methyl/N-ethyl adjacent to an activating group) is 3. The van der Waals surface area contributed by atoms with Crippen molar-refractivity contribution < 1.29 is 138 Å². The van der Waals surface area contributed by atoms with E-state index in [0.717, 1.165) is 35.8 Å². The molecule has 0 saturated heterocycles. The van der Waals surface area contributed by atoms with Crippen LogP contribution in [-0.2, 0) is 128 Å². The Morgan fingerprint density at radius 2 is 0.797 bits per heavy atom. The number of carbonyl (C=O) groups is 3. The highest BCUT2D eigenvalue weighted by Crippen LogP contribution is 2.39. The topological polar surface area (TPSA) is 175 Å². The molecule has 0 bridgehead atoms. The molecular formula is C110H118F12N12O6S3. The second-order valence-corrected chi connectivity index (χ2v) is 33.2. The molecule has 3 aliphatic rings. The number of hydrogen-bond donors (Lipinski definition) is 0. The predicted octanol–water partition coefficient (Wildman–Crippen LogP) is 22.2. The molecule has 33 heteroatoms. The summed E-state index contributed by atoms with van der Waals surface area (Å²) in [5.74, 6) is -14.2. The minimum absolute atomic E-state index is 0.00159. The van der Waals surface area contributed by atoms with Crippen LogP contribution in [0.3, 0.4) is 0 Å². The molecule has 143 heavy (non-hydrogen) atoms. The minimum atomic E-state index is -5.50. The first-order valence-electron chi connectivity index (χ1n) is 69.0. The average molecular weight is 2080 g/mol. The minimum Gasteiger partial charge on any atom is -0.336 e. The average Bonchev–Trinajstić information content (AvgIpc) is 1.51. The molecule has 18 nitrogen and oxygen atoms in total. The Hall–Kier alpha value is -11.9. The van der Waals surface area contributed by atoms with E-state index in [1.54, 1.807) is 24.3 Å². The maximum atomic E-state index is 15.4. The van der Waals surface area contributed by atoms with E-state index in [-0.39, 0.29) is 98.1 Å². The molecule has 3 aliphatic carbocycles. The van der Waals surface area contributed by atoms with Gasteiger partial charge in [-0.15, -0.1) is 0 Å². The maximum absolute atomic E-state index is 15.4. The first kappa shape index (κ1) is 58.3. The molecular weight excluding hydrogens is 1910 g/mol. The first-order valence-corrected chi connectivity index (χ1v) is 45.8. The molecule has 12 aromatic rings. The second-order valence-electron chi connectivity index (χ2n) is 30.5. The highest BCUT2D eigenvalue weighted by Gasteiger charge is 2.36. The highest BCUT2D eigenvalue weighted by atomic mass is 32.2. The van der Waals surface area contributed by atoms with Gasteiger partial charge >= 0.3 is 18.5 Å². The van der Waals surface area contributed by atoms with Crippen molar-refractivity contribution in [2.24, 2.45) is 5.89 Å². The summed E-state index contributed by atoms with van der Waals surface area (Å²) in [5.41, 5.74) is -19.7. The number of fused-ring (bicyclic) bond motifs is 3. The summed E-state index contributed by atoms with van der Waals surface area (Å²) in [6.45, 7) is -35.1. The van der Waals surface area contributed by atoms with Gasteiger partial charge in [0.2, 0.25) is 17.7 Å². The van der Waals surface area contributed by atoms with Gasteiger partial charge in [-0.25, -0.2) is 13.2 Å². The molecule has 0 spiro atoms. The molecule has 1 unspecified atom stereocenters. The second kappa shape index (κ2) is 50.1. The lowest BCUT2D eigenvalue weighted by Gasteiger charge is -2.28. The zero-order valence-electron chi connectivity index (χ0n) is 129. The van der Waals surface area contributed by atoms with Gasteiger partial charge in [-0.3, -0.25) is 28.8 Å². The number of carbonyl (C=O) groups excluding carboxylic acids is 3. The van der Waals surface area contributed by atoms with Crippen LogP contribution in [0.25, 0.3) is 33.4 Å². The van der Waals surface area contributed by atoms with E-state index in [1.807, 2.05) is 13.8 Å². The lowest BCUT2D eigenvalue weighted by molar-refractivity contribution is -0.138. The number of thioether (sulfide) groups is 3. The maximum Gasteiger partial charge on any atom is 0.416 e. The Labute approximate surface area is 911 Å². The van der Waals surface area contributed by atoms with E-state index >= 15 is 9.59 Å². The van der Waals surface area contributed by atoms with Gasteiger partial charge in [0, 0.05) is 136 Å².